The number of nitrogens with zero attached hydrogens (tertiary/aromatic N) is 1. The van der Waals surface area contributed by atoms with Gasteiger partial charge in [-0.3, -0.25) is 0 Å². The molecule has 18 heavy (non-hydrogen) atoms. The molecule has 0 aliphatic carbocycles. The van der Waals surface area contributed by atoms with Crippen molar-refractivity contribution in [1.29, 1.82) is 0 Å². The second-order valence-electron chi connectivity index (χ2n) is 4.34. The summed E-state index contributed by atoms with van der Waals surface area (Å²) in [6, 6.07) is 7.66. The minimum absolute atomic E-state index is 0.314. The highest BCUT2D eigenvalue weighted by Crippen LogP contribution is 2.26. The maximum Gasteiger partial charge on any atom is 0.161 e. The van der Waals surface area contributed by atoms with Gasteiger partial charge in [0.05, 0.1) is 12.7 Å². The number of hydrogen-bond donors (Lipinski definition) is 1. The summed E-state index contributed by atoms with van der Waals surface area (Å²) in [6.07, 6.45) is -0.314. The van der Waals surface area contributed by atoms with E-state index in [-0.39, 0.29) is 6.10 Å². The third-order valence-corrected chi connectivity index (χ3v) is 2.46. The molecule has 4 heteroatoms. The van der Waals surface area contributed by atoms with Crippen LogP contribution in [0, 0.1) is 0 Å². The van der Waals surface area contributed by atoms with E-state index in [1.54, 1.807) is 6.92 Å². The van der Waals surface area contributed by atoms with Crippen LogP contribution < -0.4 is 9.47 Å². The van der Waals surface area contributed by atoms with Crippen molar-refractivity contribution in [1.82, 2.24) is 4.90 Å². The first-order chi connectivity index (χ1) is 8.63. The van der Waals surface area contributed by atoms with Crippen LogP contribution in [-0.2, 0) is 0 Å². The Morgan fingerprint density at radius 3 is 2.39 bits per heavy atom. The van der Waals surface area contributed by atoms with Gasteiger partial charge in [0.2, 0.25) is 0 Å². The molecule has 0 spiro atoms. The maximum absolute atomic E-state index is 9.25. The van der Waals surface area contributed by atoms with Crippen LogP contribution in [0.5, 0.6) is 11.5 Å². The van der Waals surface area contributed by atoms with Crippen LogP contribution in [0.4, 0.5) is 0 Å². The Labute approximate surface area is 109 Å². The van der Waals surface area contributed by atoms with Crippen molar-refractivity contribution in [3.8, 4) is 11.5 Å². The van der Waals surface area contributed by atoms with Gasteiger partial charge in [0.25, 0.3) is 0 Å². The molecule has 0 radical (unpaired) electrons. The quantitative estimate of drug-likeness (QED) is 0.767. The lowest BCUT2D eigenvalue weighted by Gasteiger charge is -2.19. The number of aliphatic hydroxyl groups excluding tert-OH is 1. The molecule has 1 rings (SSSR count). The minimum Gasteiger partial charge on any atom is -0.490 e. The molecule has 1 unspecified atom stereocenters. The van der Waals surface area contributed by atoms with Crippen molar-refractivity contribution in [2.45, 2.75) is 20.0 Å². The van der Waals surface area contributed by atoms with Crippen molar-refractivity contribution in [2.24, 2.45) is 0 Å². The Hall–Kier alpha value is -1.26. The van der Waals surface area contributed by atoms with Crippen molar-refractivity contribution in [3.63, 3.8) is 0 Å². The highest BCUT2D eigenvalue weighted by Gasteiger charge is 2.05. The van der Waals surface area contributed by atoms with Gasteiger partial charge in [-0.25, -0.2) is 0 Å². The van der Waals surface area contributed by atoms with E-state index in [4.69, 9.17) is 9.47 Å². The Morgan fingerprint density at radius 1 is 1.22 bits per heavy atom. The van der Waals surface area contributed by atoms with Crippen LogP contribution in [0.3, 0.4) is 0 Å². The molecular weight excluding hydrogens is 230 g/mol. The zero-order valence-electron chi connectivity index (χ0n) is 11.4. The summed E-state index contributed by atoms with van der Waals surface area (Å²) in [6.45, 7) is 6.35. The molecule has 0 aromatic heterocycles. The largest absolute Gasteiger partial charge is 0.490 e. The van der Waals surface area contributed by atoms with Crippen LogP contribution in [0.25, 0.3) is 0 Å². The van der Waals surface area contributed by atoms with Gasteiger partial charge in [-0.05, 0) is 33.0 Å². The Bertz CT molecular complexity index is 342. The summed E-state index contributed by atoms with van der Waals surface area (Å²) in [5.74, 6) is 1.54. The molecule has 4 nitrogen and oxygen atoms in total. The number of likely N-dealkylation sites (N-methyl/N-ethyl adjacent to an activating group) is 1. The van der Waals surface area contributed by atoms with Crippen LogP contribution in [0.2, 0.25) is 0 Å². The van der Waals surface area contributed by atoms with Gasteiger partial charge < -0.3 is 19.5 Å². The molecule has 1 atom stereocenters. The van der Waals surface area contributed by atoms with Gasteiger partial charge >= 0.3 is 0 Å². The van der Waals surface area contributed by atoms with Gasteiger partial charge in [0, 0.05) is 13.1 Å². The number of para-hydroxylation sites is 2. The van der Waals surface area contributed by atoms with Crippen LogP contribution in [0.15, 0.2) is 24.3 Å². The number of benzene rings is 1. The van der Waals surface area contributed by atoms with Crippen LogP contribution in [0.1, 0.15) is 13.8 Å². The topological polar surface area (TPSA) is 41.9 Å². The van der Waals surface area contributed by atoms with Gasteiger partial charge in [0.15, 0.2) is 11.5 Å². The average molecular weight is 253 g/mol. The third-order valence-electron chi connectivity index (χ3n) is 2.46. The van der Waals surface area contributed by atoms with E-state index in [0.717, 1.165) is 18.0 Å². The predicted octanol–water partition coefficient (Wildman–Crippen LogP) is 1.78. The number of aliphatic hydroxyl groups is 1. The highest BCUT2D eigenvalue weighted by molar-refractivity contribution is 5.39. The standard InChI is InChI=1S/C14H23NO3/c1-4-17-13-7-5-6-8-14(13)18-10-9-15(3)11-12(2)16/h5-8,12,16H,4,9-11H2,1-3H3. The molecule has 1 aromatic carbocycles. The first-order valence-electron chi connectivity index (χ1n) is 6.34. The highest BCUT2D eigenvalue weighted by atomic mass is 16.5. The average Bonchev–Trinajstić information content (AvgIpc) is 2.30. The molecule has 0 heterocycles. The molecule has 102 valence electrons. The summed E-state index contributed by atoms with van der Waals surface area (Å²) in [5, 5.41) is 9.25. The summed E-state index contributed by atoms with van der Waals surface area (Å²) in [5.41, 5.74) is 0. The van der Waals surface area contributed by atoms with Crippen LogP contribution >= 0.6 is 0 Å². The van der Waals surface area contributed by atoms with Gasteiger partial charge in [-0.15, -0.1) is 0 Å². The molecule has 0 saturated carbocycles. The monoisotopic (exact) mass is 253 g/mol. The molecule has 0 bridgehead atoms. The molecule has 0 amide bonds. The summed E-state index contributed by atoms with van der Waals surface area (Å²) in [7, 11) is 1.96. The lowest BCUT2D eigenvalue weighted by Crippen LogP contribution is -2.30. The molecule has 1 aromatic rings. The Balaban J connectivity index is 2.39. The molecule has 0 fully saturated rings. The fourth-order valence-corrected chi connectivity index (χ4v) is 1.70. The summed E-state index contributed by atoms with van der Waals surface area (Å²) >= 11 is 0. The van der Waals surface area contributed by atoms with Crippen molar-refractivity contribution in [2.75, 3.05) is 33.4 Å². The van der Waals surface area contributed by atoms with Crippen molar-refractivity contribution in [3.05, 3.63) is 24.3 Å². The maximum atomic E-state index is 9.25. The second-order valence-corrected chi connectivity index (χ2v) is 4.34. The van der Waals surface area contributed by atoms with Gasteiger partial charge in [-0.2, -0.15) is 0 Å². The number of hydrogen-bond acceptors (Lipinski definition) is 4. The Morgan fingerprint density at radius 2 is 1.83 bits per heavy atom. The molecule has 0 saturated heterocycles. The van der Waals surface area contributed by atoms with Gasteiger partial charge in [-0.1, -0.05) is 12.1 Å². The first-order valence-corrected chi connectivity index (χ1v) is 6.34. The SMILES string of the molecule is CCOc1ccccc1OCCN(C)CC(C)O. The van der Waals surface area contributed by atoms with E-state index >= 15 is 0 Å². The second kappa shape index (κ2) is 7.95. The minimum atomic E-state index is -0.314. The molecule has 0 aliphatic rings. The normalized spacial score (nSPS) is 12.5. The molecule has 1 N–H and O–H groups in total. The zero-order valence-corrected chi connectivity index (χ0v) is 11.4. The lowest BCUT2D eigenvalue weighted by molar-refractivity contribution is 0.130. The smallest absolute Gasteiger partial charge is 0.161 e. The molecule has 0 aliphatic heterocycles. The fourth-order valence-electron chi connectivity index (χ4n) is 1.70. The third kappa shape index (κ3) is 5.38. The van der Waals surface area contributed by atoms with E-state index in [1.165, 1.54) is 0 Å². The Kier molecular flexibility index (Phi) is 6.54. The van der Waals surface area contributed by atoms with E-state index < -0.39 is 0 Å². The van der Waals surface area contributed by atoms with Gasteiger partial charge in [0.1, 0.15) is 6.61 Å². The lowest BCUT2D eigenvalue weighted by atomic mass is 10.3. The number of ether oxygens (including phenoxy) is 2. The van der Waals surface area contributed by atoms with E-state index in [9.17, 15) is 5.11 Å². The fraction of sp³-hybridized carbons (Fsp3) is 0.571. The van der Waals surface area contributed by atoms with E-state index in [2.05, 4.69) is 0 Å². The predicted molar refractivity (Wildman–Crippen MR) is 72.3 cm³/mol. The zero-order chi connectivity index (χ0) is 13.4. The van der Waals surface area contributed by atoms with E-state index in [1.807, 2.05) is 43.1 Å². The summed E-state index contributed by atoms with van der Waals surface area (Å²) in [4.78, 5) is 2.04. The van der Waals surface area contributed by atoms with Crippen molar-refractivity contribution < 1.29 is 14.6 Å². The molecular formula is C14H23NO3. The summed E-state index contributed by atoms with van der Waals surface area (Å²) < 4.78 is 11.2. The van der Waals surface area contributed by atoms with Crippen LogP contribution in [-0.4, -0.2) is 49.5 Å². The number of rotatable bonds is 8. The van der Waals surface area contributed by atoms with Crippen molar-refractivity contribution >= 4 is 0 Å². The van der Waals surface area contributed by atoms with E-state index in [0.29, 0.717) is 19.8 Å². The first kappa shape index (κ1) is 14.8.